The molecule has 0 atom stereocenters. The zero-order valence-corrected chi connectivity index (χ0v) is 11.9. The first-order valence-electron chi connectivity index (χ1n) is 6.66. The van der Waals surface area contributed by atoms with Gasteiger partial charge in [-0.05, 0) is 18.2 Å². The number of benzene rings is 1. The summed E-state index contributed by atoms with van der Waals surface area (Å²) in [5.74, 6) is 0.227. The highest BCUT2D eigenvalue weighted by atomic mass is 15.3. The number of hydrazone groups is 1. The molecule has 23 heavy (non-hydrogen) atoms. The molecule has 3 rings (SSSR count). The van der Waals surface area contributed by atoms with Gasteiger partial charge >= 0.3 is 0 Å². The van der Waals surface area contributed by atoms with Crippen LogP contribution in [0.1, 0.15) is 0 Å². The monoisotopic (exact) mass is 304 g/mol. The lowest BCUT2D eigenvalue weighted by Crippen LogP contribution is -2.21. The SMILES string of the molecule is N#C/C(=N\Nc1cccc(-c2cn3cccnc3n2)c1)C(=N)N. The molecule has 0 amide bonds. The molecule has 0 saturated carbocycles. The maximum absolute atomic E-state index is 8.83. The maximum atomic E-state index is 8.83. The summed E-state index contributed by atoms with van der Waals surface area (Å²) in [7, 11) is 0. The van der Waals surface area contributed by atoms with Gasteiger partial charge in [-0.1, -0.05) is 12.1 Å². The van der Waals surface area contributed by atoms with Gasteiger partial charge in [0.2, 0.25) is 11.5 Å². The second kappa shape index (κ2) is 5.95. The summed E-state index contributed by atoms with van der Waals surface area (Å²) in [5, 5.41) is 19.9. The van der Waals surface area contributed by atoms with Gasteiger partial charge in [-0.25, -0.2) is 9.97 Å². The molecule has 2 heterocycles. The summed E-state index contributed by atoms with van der Waals surface area (Å²) >= 11 is 0. The van der Waals surface area contributed by atoms with Crippen LogP contribution in [0.2, 0.25) is 0 Å². The summed E-state index contributed by atoms with van der Waals surface area (Å²) in [6, 6.07) is 10.9. The molecule has 0 aliphatic heterocycles. The highest BCUT2D eigenvalue weighted by molar-refractivity contribution is 6.45. The normalized spacial score (nSPS) is 11.2. The average Bonchev–Trinajstić information content (AvgIpc) is 2.99. The van der Waals surface area contributed by atoms with Crippen LogP contribution < -0.4 is 11.2 Å². The molecule has 8 nitrogen and oxygen atoms in total. The number of hydrogen-bond donors (Lipinski definition) is 3. The number of fused-ring (bicyclic) bond motifs is 1. The van der Waals surface area contributed by atoms with Gasteiger partial charge in [0.15, 0.2) is 5.84 Å². The van der Waals surface area contributed by atoms with Crippen LogP contribution in [0, 0.1) is 16.7 Å². The molecule has 1 aromatic carbocycles. The summed E-state index contributed by atoms with van der Waals surface area (Å²) in [6.07, 6.45) is 5.43. The van der Waals surface area contributed by atoms with Crippen LogP contribution >= 0.6 is 0 Å². The van der Waals surface area contributed by atoms with Crippen LogP contribution in [0.3, 0.4) is 0 Å². The first-order chi connectivity index (χ1) is 11.2. The van der Waals surface area contributed by atoms with Crippen molar-refractivity contribution in [2.45, 2.75) is 0 Å². The summed E-state index contributed by atoms with van der Waals surface area (Å²) in [4.78, 5) is 8.63. The third kappa shape index (κ3) is 2.98. The Morgan fingerprint density at radius 1 is 1.39 bits per heavy atom. The Kier molecular flexibility index (Phi) is 3.68. The van der Waals surface area contributed by atoms with E-state index in [-0.39, 0.29) is 11.5 Å². The van der Waals surface area contributed by atoms with Crippen LogP contribution in [-0.4, -0.2) is 25.9 Å². The molecule has 0 fully saturated rings. The Balaban J connectivity index is 1.91. The van der Waals surface area contributed by atoms with Gasteiger partial charge in [-0.3, -0.25) is 15.2 Å². The molecular formula is C15H12N8. The van der Waals surface area contributed by atoms with E-state index < -0.39 is 0 Å². The smallest absolute Gasteiger partial charge is 0.234 e. The van der Waals surface area contributed by atoms with Crippen LogP contribution in [0.25, 0.3) is 17.0 Å². The van der Waals surface area contributed by atoms with E-state index in [1.54, 1.807) is 18.3 Å². The zero-order chi connectivity index (χ0) is 16.2. The number of amidine groups is 1. The number of hydrogen-bond acceptors (Lipinski definition) is 6. The molecule has 8 heteroatoms. The lowest BCUT2D eigenvalue weighted by Gasteiger charge is -2.03. The number of imidazole rings is 1. The quantitative estimate of drug-likeness (QED) is 0.383. The lowest BCUT2D eigenvalue weighted by atomic mass is 10.1. The molecule has 3 aromatic rings. The molecule has 0 aliphatic rings. The number of anilines is 1. The zero-order valence-electron chi connectivity index (χ0n) is 11.9. The van der Waals surface area contributed by atoms with Crippen molar-refractivity contribution in [2.24, 2.45) is 10.8 Å². The van der Waals surface area contributed by atoms with Crippen molar-refractivity contribution in [3.63, 3.8) is 0 Å². The lowest BCUT2D eigenvalue weighted by molar-refractivity contribution is 1.11. The van der Waals surface area contributed by atoms with Gasteiger partial charge in [0.05, 0.1) is 11.4 Å². The van der Waals surface area contributed by atoms with Crippen LogP contribution in [0.4, 0.5) is 5.69 Å². The van der Waals surface area contributed by atoms with Gasteiger partial charge in [0, 0.05) is 24.2 Å². The Morgan fingerprint density at radius 3 is 3.00 bits per heavy atom. The van der Waals surface area contributed by atoms with Crippen molar-refractivity contribution < 1.29 is 0 Å². The predicted octanol–water partition coefficient (Wildman–Crippen LogP) is 1.62. The number of nitriles is 1. The first kappa shape index (κ1) is 14.2. The highest BCUT2D eigenvalue weighted by Crippen LogP contribution is 2.22. The van der Waals surface area contributed by atoms with Crippen molar-refractivity contribution in [1.29, 1.82) is 10.7 Å². The Morgan fingerprint density at radius 2 is 2.26 bits per heavy atom. The summed E-state index contributed by atoms with van der Waals surface area (Å²) < 4.78 is 1.83. The molecule has 0 spiro atoms. The molecule has 0 bridgehead atoms. The van der Waals surface area contributed by atoms with Gasteiger partial charge in [0.1, 0.15) is 6.07 Å². The largest absolute Gasteiger partial charge is 0.382 e. The fourth-order valence-corrected chi connectivity index (χ4v) is 1.98. The summed E-state index contributed by atoms with van der Waals surface area (Å²) in [5.41, 5.74) is 10.1. The Labute approximate surface area is 131 Å². The molecular weight excluding hydrogens is 292 g/mol. The van der Waals surface area contributed by atoms with Crippen molar-refractivity contribution in [3.05, 3.63) is 48.9 Å². The number of nitrogens with two attached hydrogens (primary N) is 1. The Bertz CT molecular complexity index is 914. The minimum Gasteiger partial charge on any atom is -0.382 e. The van der Waals surface area contributed by atoms with E-state index in [1.165, 1.54) is 0 Å². The standard InChI is InChI=1S/C15H12N8/c16-8-12(14(17)18)22-21-11-4-1-3-10(7-11)13-9-23-6-2-5-19-15(23)20-13/h1-7,9,21H,(H3,17,18)/b22-12+. The second-order valence-electron chi connectivity index (χ2n) is 4.63. The second-order valence-corrected chi connectivity index (χ2v) is 4.63. The van der Waals surface area contributed by atoms with Crippen LogP contribution in [0.5, 0.6) is 0 Å². The van der Waals surface area contributed by atoms with Gasteiger partial charge < -0.3 is 5.73 Å². The van der Waals surface area contributed by atoms with E-state index in [9.17, 15) is 0 Å². The van der Waals surface area contributed by atoms with Crippen molar-refractivity contribution in [1.82, 2.24) is 14.4 Å². The van der Waals surface area contributed by atoms with Crippen molar-refractivity contribution >= 4 is 23.0 Å². The van der Waals surface area contributed by atoms with Crippen LogP contribution in [-0.2, 0) is 0 Å². The van der Waals surface area contributed by atoms with Gasteiger partial charge in [0.25, 0.3) is 0 Å². The van der Waals surface area contributed by atoms with E-state index in [4.69, 9.17) is 16.4 Å². The maximum Gasteiger partial charge on any atom is 0.234 e. The van der Waals surface area contributed by atoms with E-state index >= 15 is 0 Å². The third-order valence-electron chi connectivity index (χ3n) is 3.05. The average molecular weight is 304 g/mol. The predicted molar refractivity (Wildman–Crippen MR) is 87.0 cm³/mol. The molecule has 0 radical (unpaired) electrons. The molecule has 0 aliphatic carbocycles. The van der Waals surface area contributed by atoms with Crippen molar-refractivity contribution in [3.8, 4) is 17.3 Å². The van der Waals surface area contributed by atoms with Crippen LogP contribution in [0.15, 0.2) is 54.0 Å². The number of nitrogens with one attached hydrogen (secondary N) is 2. The minimum absolute atomic E-state index is 0.174. The van der Waals surface area contributed by atoms with E-state index in [1.807, 2.05) is 41.1 Å². The van der Waals surface area contributed by atoms with E-state index in [0.29, 0.717) is 11.5 Å². The molecule has 0 saturated heterocycles. The molecule has 0 unspecified atom stereocenters. The molecule has 112 valence electrons. The topological polar surface area (TPSA) is 128 Å². The number of rotatable bonds is 4. The summed E-state index contributed by atoms with van der Waals surface area (Å²) in [6.45, 7) is 0. The van der Waals surface area contributed by atoms with E-state index in [2.05, 4.69) is 20.5 Å². The highest BCUT2D eigenvalue weighted by Gasteiger charge is 2.06. The fourth-order valence-electron chi connectivity index (χ4n) is 1.98. The van der Waals surface area contributed by atoms with Crippen molar-refractivity contribution in [2.75, 3.05) is 5.43 Å². The number of nitrogens with zero attached hydrogens (tertiary/aromatic N) is 5. The molecule has 2 aromatic heterocycles. The minimum atomic E-state index is -0.387. The molecule has 4 N–H and O–H groups in total. The number of aromatic nitrogens is 3. The third-order valence-corrected chi connectivity index (χ3v) is 3.05. The first-order valence-corrected chi connectivity index (χ1v) is 6.66. The van der Waals surface area contributed by atoms with Gasteiger partial charge in [-0.2, -0.15) is 10.4 Å². The fraction of sp³-hybridized carbons (Fsp3) is 0. The van der Waals surface area contributed by atoms with Gasteiger partial charge in [-0.15, -0.1) is 0 Å². The Hall–Kier alpha value is -3.73. The van der Waals surface area contributed by atoms with E-state index in [0.717, 1.165) is 11.3 Å².